The van der Waals surface area contributed by atoms with E-state index in [4.69, 9.17) is 19.9 Å². The normalized spacial score (nSPS) is 25.7. The van der Waals surface area contributed by atoms with E-state index in [0.29, 0.717) is 12.8 Å². The molecule has 6 atom stereocenters. The number of phenolic OH excluding ortho intramolecular Hbond substituents is 2. The number of ether oxygens (including phenoxy) is 3. The van der Waals surface area contributed by atoms with Gasteiger partial charge in [0.1, 0.15) is 22.8 Å². The summed E-state index contributed by atoms with van der Waals surface area (Å²) in [5.74, 6) is -3.18. The van der Waals surface area contributed by atoms with E-state index in [1.54, 1.807) is 6.92 Å². The molecule has 1 heterocycles. The van der Waals surface area contributed by atoms with Gasteiger partial charge >= 0.3 is 0 Å². The third kappa shape index (κ3) is 8.97. The molecule has 0 amide bonds. The number of rotatable bonds is 11. The molecule has 3 aliphatic rings. The van der Waals surface area contributed by atoms with Gasteiger partial charge < -0.3 is 40.4 Å². The number of unbranched alkanes of at least 4 members (excludes halogenated alkanes) is 1. The lowest BCUT2D eigenvalue weighted by Gasteiger charge is -2.42. The Bertz CT molecular complexity index is 1900. The smallest absolute Gasteiger partial charge is 0.264 e. The lowest BCUT2D eigenvalue weighted by Crippen LogP contribution is -2.52. The highest BCUT2D eigenvalue weighted by atomic mass is 32.2. The van der Waals surface area contributed by atoms with Crippen LogP contribution < -0.4 is 10.5 Å². The molecule has 0 spiro atoms. The number of Topliss-reactive ketones (excluding diaryl/α,β-unsaturated/α-hetero) is 1. The molecule has 0 saturated carbocycles. The second-order valence-electron chi connectivity index (χ2n) is 12.9. The first-order valence-corrected chi connectivity index (χ1v) is 19.8. The van der Waals surface area contributed by atoms with Crippen molar-refractivity contribution in [1.29, 1.82) is 0 Å². The van der Waals surface area contributed by atoms with Crippen molar-refractivity contribution >= 4 is 37.6 Å². The van der Waals surface area contributed by atoms with Crippen molar-refractivity contribution in [2.24, 2.45) is 5.73 Å². The maximum absolute atomic E-state index is 13.6. The van der Waals surface area contributed by atoms with E-state index in [9.17, 15) is 51.6 Å². The maximum atomic E-state index is 13.6. The van der Waals surface area contributed by atoms with Gasteiger partial charge in [0.25, 0.3) is 20.2 Å². The van der Waals surface area contributed by atoms with Crippen LogP contribution in [-0.4, -0.2) is 118 Å². The Morgan fingerprint density at radius 3 is 2.08 bits per heavy atom. The van der Waals surface area contributed by atoms with Gasteiger partial charge in [-0.25, -0.2) is 0 Å². The zero-order chi connectivity index (χ0) is 38.9. The van der Waals surface area contributed by atoms with E-state index in [1.165, 1.54) is 32.2 Å². The third-order valence-electron chi connectivity index (χ3n) is 8.93. The van der Waals surface area contributed by atoms with Crippen molar-refractivity contribution in [2.75, 3.05) is 32.8 Å². The van der Waals surface area contributed by atoms with Gasteiger partial charge in [-0.2, -0.15) is 16.8 Å². The summed E-state index contributed by atoms with van der Waals surface area (Å²) in [5, 5.41) is 44.1. The zero-order valence-corrected chi connectivity index (χ0v) is 30.8. The molecule has 1 saturated heterocycles. The van der Waals surface area contributed by atoms with Crippen LogP contribution in [-0.2, 0) is 49.3 Å². The number of hydrogen-bond donors (Lipinski definition) is 5. The first-order valence-electron chi connectivity index (χ1n) is 16.1. The minimum absolute atomic E-state index is 0.0147. The topological polar surface area (TPSA) is 273 Å². The standard InChI is InChI=1S/C27H29NO10.C6H14O6S2/c1-10-22(30)14(28)7-17(37-10)38-16-9-27(35,11(2)29)8-13-19(16)26(34)21-20(24(13)32)23(31)12-5-4-6-15(36-3)18(12)25(21)33;1-13(7,8)11-5-3-4-6-12-14(2,9)10/h4-6,10,14,16-17,22,30,32,34-35H,7-9,28H2,1-3H3;3-6H2,1-2H3/t10-,14-,16-,17-,22+,27-;/m0./s1. The Balaban J connectivity index is 0.000000368. The third-order valence-corrected chi connectivity index (χ3v) is 10.1. The van der Waals surface area contributed by atoms with Gasteiger partial charge in [0.05, 0.1) is 67.8 Å². The second-order valence-corrected chi connectivity index (χ2v) is 16.2. The number of aliphatic hydroxyl groups excluding tert-OH is 1. The van der Waals surface area contributed by atoms with Crippen molar-refractivity contribution in [1.82, 2.24) is 0 Å². The number of phenols is 2. The number of aliphatic hydroxyl groups is 2. The molecule has 0 aromatic heterocycles. The van der Waals surface area contributed by atoms with Gasteiger partial charge in [-0.05, 0) is 32.8 Å². The number of ketones is 3. The summed E-state index contributed by atoms with van der Waals surface area (Å²) >= 11 is 0. The Labute approximate surface area is 300 Å². The van der Waals surface area contributed by atoms with Gasteiger partial charge in [-0.3, -0.25) is 22.7 Å². The molecular weight excluding hydrogens is 730 g/mol. The fourth-order valence-corrected chi connectivity index (χ4v) is 7.12. The highest BCUT2D eigenvalue weighted by molar-refractivity contribution is 7.86. The fraction of sp³-hybridized carbons (Fsp3) is 0.545. The summed E-state index contributed by atoms with van der Waals surface area (Å²) in [6.45, 7) is 2.88. The summed E-state index contributed by atoms with van der Waals surface area (Å²) in [6, 6.07) is 3.75. The number of fused-ring (bicyclic) bond motifs is 3. The number of nitrogens with two attached hydrogens (primary N) is 1. The molecule has 0 radical (unpaired) electrons. The Hall–Kier alpha value is -3.53. The Morgan fingerprint density at radius 1 is 0.981 bits per heavy atom. The van der Waals surface area contributed by atoms with Crippen LogP contribution in [0, 0.1) is 0 Å². The minimum atomic E-state index is -3.40. The van der Waals surface area contributed by atoms with E-state index in [-0.39, 0.29) is 54.1 Å². The summed E-state index contributed by atoms with van der Waals surface area (Å²) in [7, 11) is -5.46. The highest BCUT2D eigenvalue weighted by Crippen LogP contribution is 2.52. The molecule has 2 aromatic carbocycles. The minimum Gasteiger partial charge on any atom is -0.507 e. The van der Waals surface area contributed by atoms with Gasteiger partial charge in [0.2, 0.25) is 5.78 Å². The zero-order valence-electron chi connectivity index (χ0n) is 29.2. The summed E-state index contributed by atoms with van der Waals surface area (Å²) < 4.78 is 67.8. The monoisotopic (exact) mass is 773 g/mol. The van der Waals surface area contributed by atoms with E-state index in [2.05, 4.69) is 8.37 Å². The quantitative estimate of drug-likeness (QED) is 0.102. The van der Waals surface area contributed by atoms with Crippen molar-refractivity contribution in [3.63, 3.8) is 0 Å². The number of aromatic hydroxyl groups is 2. The molecule has 288 valence electrons. The molecule has 2 aliphatic carbocycles. The highest BCUT2D eigenvalue weighted by Gasteiger charge is 2.49. The predicted molar refractivity (Wildman–Crippen MR) is 181 cm³/mol. The molecule has 0 unspecified atom stereocenters. The van der Waals surface area contributed by atoms with Crippen LogP contribution in [0.15, 0.2) is 18.2 Å². The Morgan fingerprint density at radius 2 is 1.56 bits per heavy atom. The molecule has 52 heavy (non-hydrogen) atoms. The number of carbonyl (C=O) groups excluding carboxylic acids is 3. The maximum Gasteiger partial charge on any atom is 0.264 e. The van der Waals surface area contributed by atoms with Crippen molar-refractivity contribution in [2.45, 2.75) is 82.2 Å². The van der Waals surface area contributed by atoms with Crippen molar-refractivity contribution < 1.29 is 74.2 Å². The van der Waals surface area contributed by atoms with Gasteiger partial charge in [-0.1, -0.05) is 12.1 Å². The molecule has 0 bridgehead atoms. The molecule has 6 N–H and O–H groups in total. The van der Waals surface area contributed by atoms with Crippen molar-refractivity contribution in [3.8, 4) is 17.2 Å². The van der Waals surface area contributed by atoms with E-state index >= 15 is 0 Å². The van der Waals surface area contributed by atoms with Crippen LogP contribution in [0.25, 0.3) is 0 Å². The van der Waals surface area contributed by atoms with E-state index in [1.807, 2.05) is 0 Å². The lowest BCUT2D eigenvalue weighted by molar-refractivity contribution is -0.247. The van der Waals surface area contributed by atoms with Crippen LogP contribution in [0.2, 0.25) is 0 Å². The van der Waals surface area contributed by atoms with Crippen LogP contribution >= 0.6 is 0 Å². The van der Waals surface area contributed by atoms with Crippen LogP contribution in [0.1, 0.15) is 88.6 Å². The average molecular weight is 774 g/mol. The van der Waals surface area contributed by atoms with Gasteiger partial charge in [0, 0.05) is 42.0 Å². The molecular formula is C33H43NO16S2. The summed E-state index contributed by atoms with van der Waals surface area (Å²) in [6.07, 6.45) is -1.75. The van der Waals surface area contributed by atoms with Crippen LogP contribution in [0.3, 0.4) is 0 Å². The number of carbonyl (C=O) groups is 3. The molecule has 5 rings (SSSR count). The predicted octanol–water partition coefficient (Wildman–Crippen LogP) is 0.748. The average Bonchev–Trinajstić information content (AvgIpc) is 3.04. The van der Waals surface area contributed by atoms with Gasteiger partial charge in [-0.15, -0.1) is 0 Å². The number of benzene rings is 2. The lowest BCUT2D eigenvalue weighted by atomic mass is 9.72. The second kappa shape index (κ2) is 15.8. The van der Waals surface area contributed by atoms with E-state index < -0.39 is 103 Å². The molecule has 17 nitrogen and oxygen atoms in total. The molecule has 1 aliphatic heterocycles. The number of hydrogen-bond acceptors (Lipinski definition) is 17. The molecule has 2 aromatic rings. The first kappa shape index (κ1) is 41.2. The van der Waals surface area contributed by atoms with Crippen LogP contribution in [0.4, 0.5) is 0 Å². The number of methoxy groups -OCH3 is 1. The largest absolute Gasteiger partial charge is 0.507 e. The van der Waals surface area contributed by atoms with Crippen molar-refractivity contribution in [3.05, 3.63) is 51.6 Å². The first-order chi connectivity index (χ1) is 24.1. The van der Waals surface area contributed by atoms with Gasteiger partial charge in [0.15, 0.2) is 17.9 Å². The fourth-order valence-electron chi connectivity index (χ4n) is 6.28. The molecule has 19 heteroatoms. The SMILES string of the molecule is COc1cccc2c1C(=O)c1c(O)c3c(c(O)c1C2=O)C[C@@](O)(C(C)=O)C[C@@H]3O[C@H]1C[C@H](N)[C@H](O)[C@H](C)O1.CS(=O)(=O)OCCCCOS(C)(=O)=O. The van der Waals surface area contributed by atoms with Crippen LogP contribution in [0.5, 0.6) is 17.2 Å². The summed E-state index contributed by atoms with van der Waals surface area (Å²) in [4.78, 5) is 39.6. The molecule has 1 fully saturated rings. The van der Waals surface area contributed by atoms with E-state index in [0.717, 1.165) is 12.5 Å². The summed E-state index contributed by atoms with van der Waals surface area (Å²) in [5.41, 5.74) is 2.97. The Kier molecular flexibility index (Phi) is 12.6.